The van der Waals surface area contributed by atoms with Gasteiger partial charge in [0, 0.05) is 18.5 Å². The van der Waals surface area contributed by atoms with Gasteiger partial charge in [-0.05, 0) is 18.2 Å². The van der Waals surface area contributed by atoms with Gasteiger partial charge < -0.3 is 10.1 Å². The van der Waals surface area contributed by atoms with Gasteiger partial charge >= 0.3 is 0 Å². The number of carbonyl (C=O) groups excluding carboxylic acids is 1. The maximum atomic E-state index is 11.7. The summed E-state index contributed by atoms with van der Waals surface area (Å²) in [5.41, 5.74) is 1.17. The highest BCUT2D eigenvalue weighted by Gasteiger charge is 2.12. The minimum absolute atomic E-state index is 0.196. The van der Waals surface area contributed by atoms with Gasteiger partial charge in [-0.1, -0.05) is 11.6 Å². The van der Waals surface area contributed by atoms with E-state index in [4.69, 9.17) is 16.3 Å². The van der Waals surface area contributed by atoms with Gasteiger partial charge in [0.1, 0.15) is 10.9 Å². The van der Waals surface area contributed by atoms with Crippen molar-refractivity contribution in [3.63, 3.8) is 0 Å². The summed E-state index contributed by atoms with van der Waals surface area (Å²) in [6.45, 7) is 0. The van der Waals surface area contributed by atoms with Crippen LogP contribution in [0.3, 0.4) is 0 Å². The highest BCUT2D eigenvalue weighted by molar-refractivity contribution is 6.29. The number of benzene rings is 1. The Labute approximate surface area is 104 Å². The Kier molecular flexibility index (Phi) is 3.15. The molecule has 0 aliphatic rings. The molecule has 0 atom stereocenters. The average Bonchev–Trinajstić information content (AvgIpc) is 2.36. The van der Waals surface area contributed by atoms with E-state index in [0.29, 0.717) is 22.0 Å². The second-order valence-electron chi connectivity index (χ2n) is 3.46. The average molecular weight is 251 g/mol. The molecule has 0 aliphatic heterocycles. The molecule has 0 radical (unpaired) electrons. The lowest BCUT2D eigenvalue weighted by Crippen LogP contribution is -2.18. The third kappa shape index (κ3) is 2.17. The molecule has 1 N–H and O–H groups in total. The van der Waals surface area contributed by atoms with Crippen LogP contribution in [0.5, 0.6) is 5.75 Å². The van der Waals surface area contributed by atoms with Crippen LogP contribution in [0.1, 0.15) is 10.4 Å². The van der Waals surface area contributed by atoms with Gasteiger partial charge in [-0.15, -0.1) is 0 Å². The van der Waals surface area contributed by atoms with Crippen LogP contribution in [-0.4, -0.2) is 25.0 Å². The molecule has 0 unspecified atom stereocenters. The Morgan fingerprint density at radius 2 is 2.18 bits per heavy atom. The van der Waals surface area contributed by atoms with Gasteiger partial charge in [-0.3, -0.25) is 4.79 Å². The van der Waals surface area contributed by atoms with E-state index >= 15 is 0 Å². The number of hydrogen-bond acceptors (Lipinski definition) is 3. The Hall–Kier alpha value is -1.81. The molecule has 4 nitrogen and oxygen atoms in total. The lowest BCUT2D eigenvalue weighted by atomic mass is 10.1. The van der Waals surface area contributed by atoms with Crippen LogP contribution in [-0.2, 0) is 0 Å². The Morgan fingerprint density at radius 3 is 2.82 bits per heavy atom. The van der Waals surface area contributed by atoms with Crippen LogP contribution in [0.25, 0.3) is 10.9 Å². The van der Waals surface area contributed by atoms with E-state index in [1.165, 1.54) is 7.11 Å². The molecule has 2 rings (SSSR count). The summed E-state index contributed by atoms with van der Waals surface area (Å²) in [5, 5.41) is 3.82. The molecule has 17 heavy (non-hydrogen) atoms. The van der Waals surface area contributed by atoms with Crippen molar-refractivity contribution in [2.45, 2.75) is 0 Å². The first-order valence-electron chi connectivity index (χ1n) is 5.02. The zero-order chi connectivity index (χ0) is 12.4. The summed E-state index contributed by atoms with van der Waals surface area (Å²) < 4.78 is 5.17. The molecule has 0 saturated heterocycles. The van der Waals surface area contributed by atoms with Gasteiger partial charge in [-0.25, -0.2) is 4.98 Å². The molecule has 1 amide bonds. The van der Waals surface area contributed by atoms with Crippen molar-refractivity contribution in [2.75, 3.05) is 14.2 Å². The lowest BCUT2D eigenvalue weighted by molar-refractivity contribution is 0.0960. The fourth-order valence-electron chi connectivity index (χ4n) is 1.61. The summed E-state index contributed by atoms with van der Waals surface area (Å²) in [5.74, 6) is 0.283. The standard InChI is InChI=1S/C12H11ClN2O2/c1-14-12(16)8-5-7-3-4-11(13)15-9(7)6-10(8)17-2/h3-6H,1-2H3,(H,14,16). The van der Waals surface area contributed by atoms with Crippen molar-refractivity contribution >= 4 is 28.4 Å². The number of fused-ring (bicyclic) bond motifs is 1. The maximum Gasteiger partial charge on any atom is 0.254 e. The fourth-order valence-corrected chi connectivity index (χ4v) is 1.76. The first-order chi connectivity index (χ1) is 8.15. The van der Waals surface area contributed by atoms with Crippen molar-refractivity contribution in [1.82, 2.24) is 10.3 Å². The van der Waals surface area contributed by atoms with E-state index in [2.05, 4.69) is 10.3 Å². The van der Waals surface area contributed by atoms with Crippen molar-refractivity contribution in [3.05, 3.63) is 35.0 Å². The zero-order valence-electron chi connectivity index (χ0n) is 9.45. The van der Waals surface area contributed by atoms with Gasteiger partial charge in [0.15, 0.2) is 0 Å². The van der Waals surface area contributed by atoms with E-state index in [1.807, 2.05) is 6.07 Å². The molecule has 0 spiro atoms. The normalized spacial score (nSPS) is 10.3. The van der Waals surface area contributed by atoms with E-state index in [9.17, 15) is 4.79 Å². The first-order valence-corrected chi connectivity index (χ1v) is 5.40. The van der Waals surface area contributed by atoms with Gasteiger partial charge in [0.25, 0.3) is 5.91 Å². The second kappa shape index (κ2) is 4.59. The number of nitrogens with one attached hydrogen (secondary N) is 1. The van der Waals surface area contributed by atoms with Crippen LogP contribution < -0.4 is 10.1 Å². The third-order valence-electron chi connectivity index (χ3n) is 2.45. The summed E-state index contributed by atoms with van der Waals surface area (Å²) in [4.78, 5) is 15.8. The van der Waals surface area contributed by atoms with Crippen molar-refractivity contribution in [2.24, 2.45) is 0 Å². The number of halogens is 1. The molecule has 88 valence electrons. The quantitative estimate of drug-likeness (QED) is 0.832. The van der Waals surface area contributed by atoms with Gasteiger partial charge in [0.2, 0.25) is 0 Å². The smallest absolute Gasteiger partial charge is 0.254 e. The van der Waals surface area contributed by atoms with Crippen LogP contribution in [0, 0.1) is 0 Å². The van der Waals surface area contributed by atoms with Crippen molar-refractivity contribution in [1.29, 1.82) is 0 Å². The molecule has 2 aromatic rings. The summed E-state index contributed by atoms with van der Waals surface area (Å²) in [6.07, 6.45) is 0. The lowest BCUT2D eigenvalue weighted by Gasteiger charge is -2.08. The van der Waals surface area contributed by atoms with Crippen LogP contribution in [0.4, 0.5) is 0 Å². The van der Waals surface area contributed by atoms with E-state index < -0.39 is 0 Å². The Balaban J connectivity index is 2.68. The predicted molar refractivity (Wildman–Crippen MR) is 66.7 cm³/mol. The maximum absolute atomic E-state index is 11.7. The SMILES string of the molecule is CNC(=O)c1cc2ccc(Cl)nc2cc1OC. The van der Waals surface area contributed by atoms with E-state index in [1.54, 1.807) is 25.2 Å². The van der Waals surface area contributed by atoms with Crippen molar-refractivity contribution < 1.29 is 9.53 Å². The minimum atomic E-state index is -0.196. The number of hydrogen-bond donors (Lipinski definition) is 1. The van der Waals surface area contributed by atoms with Crippen LogP contribution in [0.2, 0.25) is 5.15 Å². The third-order valence-corrected chi connectivity index (χ3v) is 2.66. The Bertz CT molecular complexity index is 584. The Morgan fingerprint density at radius 1 is 1.41 bits per heavy atom. The minimum Gasteiger partial charge on any atom is -0.496 e. The second-order valence-corrected chi connectivity index (χ2v) is 3.85. The number of pyridine rings is 1. The summed E-state index contributed by atoms with van der Waals surface area (Å²) >= 11 is 5.81. The molecule has 1 aromatic carbocycles. The number of ether oxygens (including phenoxy) is 1. The molecule has 0 fully saturated rings. The highest BCUT2D eigenvalue weighted by Crippen LogP contribution is 2.25. The number of amides is 1. The first kappa shape index (κ1) is 11.7. The van der Waals surface area contributed by atoms with Crippen LogP contribution in [0.15, 0.2) is 24.3 Å². The predicted octanol–water partition coefficient (Wildman–Crippen LogP) is 2.26. The number of methoxy groups -OCH3 is 1. The molecule has 1 aromatic heterocycles. The molecular formula is C12H11ClN2O2. The molecule has 1 heterocycles. The number of rotatable bonds is 2. The van der Waals surface area contributed by atoms with E-state index in [0.717, 1.165) is 5.39 Å². The summed E-state index contributed by atoms with van der Waals surface area (Å²) in [7, 11) is 3.09. The number of aromatic nitrogens is 1. The topological polar surface area (TPSA) is 51.2 Å². The van der Waals surface area contributed by atoms with Gasteiger partial charge in [0.05, 0.1) is 18.2 Å². The largest absolute Gasteiger partial charge is 0.496 e. The van der Waals surface area contributed by atoms with Crippen molar-refractivity contribution in [3.8, 4) is 5.75 Å². The monoisotopic (exact) mass is 250 g/mol. The number of carbonyl (C=O) groups is 1. The molecule has 0 aliphatic carbocycles. The van der Waals surface area contributed by atoms with Crippen LogP contribution >= 0.6 is 11.6 Å². The highest BCUT2D eigenvalue weighted by atomic mass is 35.5. The molecule has 0 saturated carbocycles. The van der Waals surface area contributed by atoms with E-state index in [-0.39, 0.29) is 5.91 Å². The summed E-state index contributed by atoms with van der Waals surface area (Å²) in [6, 6.07) is 6.93. The fraction of sp³-hybridized carbons (Fsp3) is 0.167. The number of nitrogens with zero attached hydrogens (tertiary/aromatic N) is 1. The molecule has 0 bridgehead atoms. The molecular weight excluding hydrogens is 240 g/mol. The zero-order valence-corrected chi connectivity index (χ0v) is 10.2. The molecule has 5 heteroatoms. The van der Waals surface area contributed by atoms with Gasteiger partial charge in [-0.2, -0.15) is 0 Å².